The van der Waals surface area contributed by atoms with Crippen LogP contribution in [0.5, 0.6) is 0 Å². The van der Waals surface area contributed by atoms with Gasteiger partial charge in [0.1, 0.15) is 0 Å². The van der Waals surface area contributed by atoms with Crippen LogP contribution in [0, 0.1) is 23.7 Å². The topological polar surface area (TPSA) is 57.6 Å². The molecule has 4 unspecified atom stereocenters. The first-order valence-corrected chi connectivity index (χ1v) is 6.53. The summed E-state index contributed by atoms with van der Waals surface area (Å²) in [6.07, 6.45) is 9.34. The Kier molecular flexibility index (Phi) is 2.82. The smallest absolute Gasteiger partial charge is 0.234 e. The average molecular weight is 247 g/mol. The van der Waals surface area contributed by atoms with Crippen molar-refractivity contribution in [2.45, 2.75) is 12.8 Å². The highest BCUT2D eigenvalue weighted by molar-refractivity contribution is 6.06. The molecule has 96 valence electrons. The number of nitrogens with zero attached hydrogens (tertiary/aromatic N) is 1. The number of fused-ring (bicyclic) bond motifs is 5. The average Bonchev–Trinajstić information content (AvgIpc) is 3.02. The largest absolute Gasteiger partial charge is 0.396 e. The third-order valence-electron chi connectivity index (χ3n) is 4.31. The van der Waals surface area contributed by atoms with Crippen LogP contribution in [0.25, 0.3) is 0 Å². The van der Waals surface area contributed by atoms with E-state index in [-0.39, 0.29) is 42.1 Å². The van der Waals surface area contributed by atoms with Crippen LogP contribution >= 0.6 is 0 Å². The fraction of sp³-hybridized carbons (Fsp3) is 0.571. The van der Waals surface area contributed by atoms with Gasteiger partial charge in [-0.15, -0.1) is 0 Å². The van der Waals surface area contributed by atoms with E-state index in [0.717, 1.165) is 6.42 Å². The molecular formula is C14H17NO3. The van der Waals surface area contributed by atoms with Crippen LogP contribution in [0.15, 0.2) is 24.3 Å². The van der Waals surface area contributed by atoms with Crippen molar-refractivity contribution in [2.24, 2.45) is 23.7 Å². The summed E-state index contributed by atoms with van der Waals surface area (Å²) in [6, 6.07) is 0. The van der Waals surface area contributed by atoms with Gasteiger partial charge in [-0.1, -0.05) is 24.3 Å². The summed E-state index contributed by atoms with van der Waals surface area (Å²) in [5.41, 5.74) is 0. The Balaban J connectivity index is 1.72. The lowest BCUT2D eigenvalue weighted by atomic mass is 9.85. The van der Waals surface area contributed by atoms with Crippen LogP contribution in [0.3, 0.4) is 0 Å². The predicted octanol–water partition coefficient (Wildman–Crippen LogP) is 0.732. The second-order valence-corrected chi connectivity index (χ2v) is 5.27. The molecule has 3 rings (SSSR count). The van der Waals surface area contributed by atoms with Gasteiger partial charge in [0.05, 0.1) is 11.8 Å². The predicted molar refractivity (Wildman–Crippen MR) is 65.3 cm³/mol. The third kappa shape index (κ3) is 1.56. The lowest BCUT2D eigenvalue weighted by molar-refractivity contribution is -0.140. The standard InChI is InChI=1S/C14H17NO3/c16-7-3-1-2-6-15-13(17)11-9-4-5-10(8-9)12(11)14(15)18/h1-2,4-5,9-12,16H,3,6-8H2. The molecule has 18 heavy (non-hydrogen) atoms. The normalized spacial score (nSPS) is 37.3. The van der Waals surface area contributed by atoms with Crippen molar-refractivity contribution in [1.82, 2.24) is 4.90 Å². The Morgan fingerprint density at radius 3 is 2.33 bits per heavy atom. The van der Waals surface area contributed by atoms with Crippen molar-refractivity contribution < 1.29 is 14.7 Å². The quantitative estimate of drug-likeness (QED) is 0.588. The molecule has 0 radical (unpaired) electrons. The Bertz CT molecular complexity index is 410. The zero-order chi connectivity index (χ0) is 12.7. The van der Waals surface area contributed by atoms with Crippen LogP contribution in [0.1, 0.15) is 12.8 Å². The first-order valence-electron chi connectivity index (χ1n) is 6.53. The molecule has 4 nitrogen and oxygen atoms in total. The number of carbonyl (C=O) groups excluding carboxylic acids is 2. The van der Waals surface area contributed by atoms with E-state index in [2.05, 4.69) is 12.2 Å². The molecule has 4 atom stereocenters. The van der Waals surface area contributed by atoms with E-state index in [4.69, 9.17) is 5.11 Å². The number of hydrogen-bond donors (Lipinski definition) is 1. The monoisotopic (exact) mass is 247 g/mol. The van der Waals surface area contributed by atoms with Crippen LogP contribution in [0.4, 0.5) is 0 Å². The fourth-order valence-corrected chi connectivity index (χ4v) is 3.52. The lowest BCUT2D eigenvalue weighted by Gasteiger charge is -2.14. The molecule has 2 amide bonds. The molecule has 1 aliphatic heterocycles. The number of imide groups is 1. The zero-order valence-electron chi connectivity index (χ0n) is 10.2. The van der Waals surface area contributed by atoms with Gasteiger partial charge in [0.25, 0.3) is 0 Å². The van der Waals surface area contributed by atoms with Crippen LogP contribution in [0.2, 0.25) is 0 Å². The van der Waals surface area contributed by atoms with E-state index in [0.29, 0.717) is 13.0 Å². The first-order chi connectivity index (χ1) is 8.74. The molecule has 2 aliphatic carbocycles. The Hall–Kier alpha value is -1.42. The summed E-state index contributed by atoms with van der Waals surface area (Å²) in [5, 5.41) is 8.66. The number of amides is 2. The second-order valence-electron chi connectivity index (χ2n) is 5.27. The van der Waals surface area contributed by atoms with Crippen molar-refractivity contribution in [1.29, 1.82) is 0 Å². The second kappa shape index (κ2) is 4.35. The summed E-state index contributed by atoms with van der Waals surface area (Å²) < 4.78 is 0. The molecule has 2 fully saturated rings. The first kappa shape index (κ1) is 11.7. The maximum atomic E-state index is 12.2. The molecule has 0 spiro atoms. The van der Waals surface area contributed by atoms with E-state index >= 15 is 0 Å². The van der Waals surface area contributed by atoms with Crippen LogP contribution in [-0.2, 0) is 9.59 Å². The van der Waals surface area contributed by atoms with E-state index < -0.39 is 0 Å². The van der Waals surface area contributed by atoms with Crippen LogP contribution < -0.4 is 0 Å². The summed E-state index contributed by atoms with van der Waals surface area (Å²) in [7, 11) is 0. The van der Waals surface area contributed by atoms with E-state index in [9.17, 15) is 9.59 Å². The van der Waals surface area contributed by atoms with Gasteiger partial charge in [0.2, 0.25) is 11.8 Å². The molecule has 4 heteroatoms. The fourth-order valence-electron chi connectivity index (χ4n) is 3.52. The maximum Gasteiger partial charge on any atom is 0.234 e. The molecule has 1 saturated heterocycles. The molecule has 0 aromatic heterocycles. The number of allylic oxidation sites excluding steroid dienone is 2. The third-order valence-corrected chi connectivity index (χ3v) is 4.31. The van der Waals surface area contributed by atoms with Gasteiger partial charge in [-0.3, -0.25) is 14.5 Å². The number of aliphatic hydroxyl groups excluding tert-OH is 1. The molecule has 0 aromatic carbocycles. The minimum Gasteiger partial charge on any atom is -0.396 e. The highest BCUT2D eigenvalue weighted by Crippen LogP contribution is 2.52. The highest BCUT2D eigenvalue weighted by Gasteiger charge is 2.58. The van der Waals surface area contributed by atoms with Gasteiger partial charge >= 0.3 is 0 Å². The SMILES string of the molecule is O=C1C2C3C=CC(C3)C2C(=O)N1CC=CCCO. The summed E-state index contributed by atoms with van der Waals surface area (Å²) in [4.78, 5) is 25.9. The minimum absolute atomic E-state index is 0.00417. The molecule has 3 aliphatic rings. The van der Waals surface area contributed by atoms with Gasteiger partial charge in [-0.25, -0.2) is 0 Å². The van der Waals surface area contributed by atoms with E-state index in [1.165, 1.54) is 4.90 Å². The van der Waals surface area contributed by atoms with Gasteiger partial charge in [-0.05, 0) is 24.7 Å². The molecule has 2 bridgehead atoms. The van der Waals surface area contributed by atoms with Gasteiger partial charge in [0.15, 0.2) is 0 Å². The Morgan fingerprint density at radius 1 is 1.17 bits per heavy atom. The minimum atomic E-state index is -0.0984. The van der Waals surface area contributed by atoms with Gasteiger partial charge in [-0.2, -0.15) is 0 Å². The molecule has 1 N–H and O–H groups in total. The highest BCUT2D eigenvalue weighted by atomic mass is 16.3. The number of hydrogen-bond acceptors (Lipinski definition) is 3. The zero-order valence-corrected chi connectivity index (χ0v) is 10.2. The molecule has 1 saturated carbocycles. The Morgan fingerprint density at radius 2 is 1.78 bits per heavy atom. The maximum absolute atomic E-state index is 12.2. The van der Waals surface area contributed by atoms with Crippen molar-refractivity contribution in [3.8, 4) is 0 Å². The van der Waals surface area contributed by atoms with Crippen molar-refractivity contribution in [3.63, 3.8) is 0 Å². The van der Waals surface area contributed by atoms with Gasteiger partial charge < -0.3 is 5.11 Å². The summed E-state index contributed by atoms with van der Waals surface area (Å²) in [6.45, 7) is 0.446. The number of likely N-dealkylation sites (tertiary alicyclic amines) is 1. The van der Waals surface area contributed by atoms with E-state index in [1.54, 1.807) is 6.08 Å². The Labute approximate surface area is 106 Å². The summed E-state index contributed by atoms with van der Waals surface area (Å²) in [5.74, 6) is 0.356. The number of rotatable bonds is 4. The van der Waals surface area contributed by atoms with Crippen molar-refractivity contribution in [2.75, 3.05) is 13.2 Å². The van der Waals surface area contributed by atoms with Crippen molar-refractivity contribution >= 4 is 11.8 Å². The van der Waals surface area contributed by atoms with Crippen molar-refractivity contribution in [3.05, 3.63) is 24.3 Å². The number of aliphatic hydroxyl groups is 1. The lowest BCUT2D eigenvalue weighted by Crippen LogP contribution is -2.33. The molecular weight excluding hydrogens is 230 g/mol. The molecule has 0 aromatic rings. The number of carbonyl (C=O) groups is 2. The summed E-state index contributed by atoms with van der Waals surface area (Å²) >= 11 is 0. The molecule has 1 heterocycles. The van der Waals surface area contributed by atoms with Gasteiger partial charge in [0, 0.05) is 13.2 Å². The van der Waals surface area contributed by atoms with E-state index in [1.807, 2.05) is 6.08 Å². The van der Waals surface area contributed by atoms with Crippen LogP contribution in [-0.4, -0.2) is 35.0 Å².